The molecule has 1 aliphatic carbocycles. The molecule has 1 aliphatic rings. The van der Waals surface area contributed by atoms with E-state index >= 15 is 0 Å². The minimum absolute atomic E-state index is 0.0289. The number of rotatable bonds is 9. The number of sulfonamides is 1. The average Bonchev–Trinajstić information content (AvgIpc) is 3.38. The molecule has 0 radical (unpaired) electrons. The summed E-state index contributed by atoms with van der Waals surface area (Å²) in [5, 5.41) is 7.68. The molecule has 1 unspecified atom stereocenters. The Morgan fingerprint density at radius 1 is 1.02 bits per heavy atom. The Bertz CT molecular complexity index is 1450. The number of carbonyl (C=O) groups is 2. The number of ether oxygens (including phenoxy) is 1. The first-order valence-corrected chi connectivity index (χ1v) is 14.4. The molecule has 3 N–H and O–H groups in total. The van der Waals surface area contributed by atoms with Gasteiger partial charge in [0.1, 0.15) is 11.9 Å². The van der Waals surface area contributed by atoms with E-state index in [4.69, 9.17) is 5.14 Å². The van der Waals surface area contributed by atoms with Crippen LogP contribution < -0.4 is 15.2 Å². The number of carbonyl (C=O) groups excluding carboxylic acids is 2. The van der Waals surface area contributed by atoms with E-state index in [1.54, 1.807) is 30.1 Å². The van der Waals surface area contributed by atoms with Crippen molar-refractivity contribution >= 4 is 22.3 Å². The molecule has 13 heteroatoms. The van der Waals surface area contributed by atoms with Crippen LogP contribution in [0.2, 0.25) is 0 Å². The number of hydrogen-bond acceptors (Lipinski definition) is 5. The molecule has 0 aromatic heterocycles. The average molecular weight is 610 g/mol. The number of nitrogens with one attached hydrogen (secondary N) is 1. The van der Waals surface area contributed by atoms with Gasteiger partial charge in [-0.1, -0.05) is 54.6 Å². The molecule has 42 heavy (non-hydrogen) atoms. The molecule has 2 atom stereocenters. The van der Waals surface area contributed by atoms with E-state index in [0.717, 1.165) is 11.1 Å². The Labute approximate surface area is 241 Å². The Balaban J connectivity index is 0.000000274. The molecular formula is C29H31F4N3O5S. The third-order valence-corrected chi connectivity index (χ3v) is 7.49. The van der Waals surface area contributed by atoms with E-state index in [1.165, 1.54) is 30.3 Å². The molecule has 8 nitrogen and oxygen atoms in total. The smallest absolute Gasteiger partial charge is 0.406 e. The van der Waals surface area contributed by atoms with Crippen LogP contribution >= 0.6 is 0 Å². The maximum Gasteiger partial charge on any atom is 0.573 e. The predicted octanol–water partition coefficient (Wildman–Crippen LogP) is 4.93. The third-order valence-electron chi connectivity index (χ3n) is 6.52. The van der Waals surface area contributed by atoms with Crippen molar-refractivity contribution in [3.63, 3.8) is 0 Å². The lowest BCUT2D eigenvalue weighted by atomic mass is 10.0. The fraction of sp³-hybridized carbons (Fsp3) is 0.310. The van der Waals surface area contributed by atoms with Crippen molar-refractivity contribution in [1.82, 2.24) is 10.2 Å². The summed E-state index contributed by atoms with van der Waals surface area (Å²) < 4.78 is 75.8. The van der Waals surface area contributed by atoms with Crippen LogP contribution in [0, 0.1) is 5.92 Å². The van der Waals surface area contributed by atoms with Gasteiger partial charge in [-0.25, -0.2) is 17.9 Å². The lowest BCUT2D eigenvalue weighted by Gasteiger charge is -2.21. The number of primary sulfonamides is 1. The van der Waals surface area contributed by atoms with Crippen LogP contribution in [0.4, 0.5) is 17.6 Å². The summed E-state index contributed by atoms with van der Waals surface area (Å²) in [6.45, 7) is 0.694. The first-order chi connectivity index (χ1) is 19.8. The van der Waals surface area contributed by atoms with Crippen LogP contribution in [0.5, 0.6) is 5.75 Å². The number of nitrogens with two attached hydrogens (primary N) is 1. The van der Waals surface area contributed by atoms with Crippen molar-refractivity contribution in [2.24, 2.45) is 11.1 Å². The zero-order valence-corrected chi connectivity index (χ0v) is 23.5. The lowest BCUT2D eigenvalue weighted by molar-refractivity contribution is -0.274. The summed E-state index contributed by atoms with van der Waals surface area (Å²) in [6.07, 6.45) is -3.66. The molecule has 0 saturated heterocycles. The fourth-order valence-corrected chi connectivity index (χ4v) is 5.29. The largest absolute Gasteiger partial charge is 0.573 e. The van der Waals surface area contributed by atoms with Crippen LogP contribution in [-0.2, 0) is 32.7 Å². The summed E-state index contributed by atoms with van der Waals surface area (Å²) in [6, 6.07) is 19.2. The second kappa shape index (κ2) is 14.3. The molecule has 0 heterocycles. The number of halogens is 4. The van der Waals surface area contributed by atoms with Crippen molar-refractivity contribution in [3.8, 4) is 16.9 Å². The first kappa shape index (κ1) is 32.5. The van der Waals surface area contributed by atoms with E-state index in [-0.39, 0.29) is 29.0 Å². The van der Waals surface area contributed by atoms with Crippen molar-refractivity contribution in [1.29, 1.82) is 0 Å². The molecule has 0 spiro atoms. The zero-order chi connectivity index (χ0) is 30.9. The highest BCUT2D eigenvalue weighted by atomic mass is 32.2. The zero-order valence-electron chi connectivity index (χ0n) is 22.7. The maximum atomic E-state index is 13.3. The van der Waals surface area contributed by atoms with Gasteiger partial charge in [-0.3, -0.25) is 9.59 Å². The first-order valence-electron chi connectivity index (χ1n) is 12.9. The van der Waals surface area contributed by atoms with E-state index < -0.39 is 22.6 Å². The van der Waals surface area contributed by atoms with E-state index in [0.29, 0.717) is 43.3 Å². The van der Waals surface area contributed by atoms with Gasteiger partial charge in [0.05, 0.1) is 4.90 Å². The number of nitrogens with zero attached hydrogens (tertiary/aromatic N) is 1. The number of benzene rings is 3. The van der Waals surface area contributed by atoms with Crippen LogP contribution in [-0.4, -0.2) is 45.2 Å². The Hall–Kier alpha value is -3.97. The Morgan fingerprint density at radius 3 is 2.19 bits per heavy atom. The highest BCUT2D eigenvalue weighted by Gasteiger charge is 2.32. The van der Waals surface area contributed by atoms with Crippen molar-refractivity contribution in [2.75, 3.05) is 7.05 Å². The van der Waals surface area contributed by atoms with Gasteiger partial charge in [-0.05, 0) is 54.2 Å². The summed E-state index contributed by atoms with van der Waals surface area (Å²) in [5.74, 6) is -0.540. The summed E-state index contributed by atoms with van der Waals surface area (Å²) in [4.78, 5) is 24.1. The van der Waals surface area contributed by atoms with Crippen molar-refractivity contribution in [3.05, 3.63) is 83.9 Å². The summed E-state index contributed by atoms with van der Waals surface area (Å²) >= 11 is 0. The van der Waals surface area contributed by atoms with Crippen LogP contribution in [0.3, 0.4) is 0 Å². The highest BCUT2D eigenvalue weighted by molar-refractivity contribution is 7.89. The van der Waals surface area contributed by atoms with Crippen LogP contribution in [0.25, 0.3) is 11.1 Å². The van der Waals surface area contributed by atoms with Crippen LogP contribution in [0.15, 0.2) is 77.7 Å². The Morgan fingerprint density at radius 2 is 1.64 bits per heavy atom. The molecule has 4 rings (SSSR count). The highest BCUT2D eigenvalue weighted by Crippen LogP contribution is 2.30. The van der Waals surface area contributed by atoms with Crippen molar-refractivity contribution in [2.45, 2.75) is 49.8 Å². The van der Waals surface area contributed by atoms with Crippen LogP contribution in [0.1, 0.15) is 30.4 Å². The maximum absolute atomic E-state index is 13.3. The molecule has 1 saturated carbocycles. The normalized spacial score (nSPS) is 16.6. The van der Waals surface area contributed by atoms with E-state index in [1.807, 2.05) is 24.3 Å². The molecular weight excluding hydrogens is 578 g/mol. The molecule has 1 fully saturated rings. The molecule has 2 amide bonds. The molecule has 226 valence electrons. The summed E-state index contributed by atoms with van der Waals surface area (Å²) in [7, 11) is -2.10. The van der Waals surface area contributed by atoms with Gasteiger partial charge in [0.25, 0.3) is 0 Å². The monoisotopic (exact) mass is 609 g/mol. The van der Waals surface area contributed by atoms with E-state index in [9.17, 15) is 35.6 Å². The number of alkyl halides is 4. The van der Waals surface area contributed by atoms with Gasteiger partial charge in [-0.2, -0.15) is 0 Å². The predicted molar refractivity (Wildman–Crippen MR) is 148 cm³/mol. The quantitative estimate of drug-likeness (QED) is 0.264. The molecule has 0 bridgehead atoms. The van der Waals surface area contributed by atoms with Gasteiger partial charge in [0, 0.05) is 31.6 Å². The van der Waals surface area contributed by atoms with Gasteiger partial charge < -0.3 is 15.0 Å². The molecule has 0 aliphatic heterocycles. The minimum Gasteiger partial charge on any atom is -0.406 e. The van der Waals surface area contributed by atoms with Gasteiger partial charge in [-0.15, -0.1) is 13.2 Å². The summed E-state index contributed by atoms with van der Waals surface area (Å²) in [5.41, 5.74) is 2.87. The minimum atomic E-state index is -4.68. The molecule has 3 aromatic carbocycles. The standard InChI is InChI=1S/C20H23FN2O3S.C9H8F3NO2/c1-23(20(24)16-10-11-17(21)12-16)13-14-6-8-15(9-7-14)18-4-2-3-5-19(18)27(22,25)26;10-9(11,12)15-8-3-1-7(2-4-8)5-13-6-14/h2-9,16-17H,10-13H2,1H3,(H2,22,25,26);1-4,6H,5H2,(H,13,14)/t16-,17?;/m0./s1. The SMILES string of the molecule is CN(Cc1ccc(-c2ccccc2S(N)(=O)=O)cc1)C(=O)[C@H]1CCC(F)C1.O=CNCc1ccc(OC(F)(F)F)cc1. The Kier molecular flexibility index (Phi) is 11.1. The second-order valence-electron chi connectivity index (χ2n) is 9.73. The molecule has 3 aromatic rings. The topological polar surface area (TPSA) is 119 Å². The fourth-order valence-electron chi connectivity index (χ4n) is 4.53. The van der Waals surface area contributed by atoms with Crippen molar-refractivity contribution < 1.29 is 40.3 Å². The van der Waals surface area contributed by atoms with Gasteiger partial charge >= 0.3 is 6.36 Å². The lowest BCUT2D eigenvalue weighted by Crippen LogP contribution is -2.31. The number of amides is 2. The van der Waals surface area contributed by atoms with E-state index in [2.05, 4.69) is 10.1 Å². The third kappa shape index (κ3) is 9.84. The second-order valence-corrected chi connectivity index (χ2v) is 11.3. The van der Waals surface area contributed by atoms with Gasteiger partial charge in [0.2, 0.25) is 22.3 Å². The van der Waals surface area contributed by atoms with Gasteiger partial charge in [0.15, 0.2) is 0 Å². The number of hydrogen-bond donors (Lipinski definition) is 2.